The molecule has 0 N–H and O–H groups in total. The molecule has 3 heterocycles. The second-order valence-electron chi connectivity index (χ2n) is 4.91. The maximum absolute atomic E-state index is 12.1. The molecular formula is C14H14ClN3OS2. The van der Waals surface area contributed by atoms with Gasteiger partial charge in [-0.15, -0.1) is 0 Å². The van der Waals surface area contributed by atoms with Crippen molar-refractivity contribution >= 4 is 45.5 Å². The summed E-state index contributed by atoms with van der Waals surface area (Å²) in [5, 5.41) is 0.517. The molecule has 4 nitrogen and oxygen atoms in total. The van der Waals surface area contributed by atoms with Gasteiger partial charge in [0, 0.05) is 31.1 Å². The first-order chi connectivity index (χ1) is 10.1. The number of likely N-dealkylation sites (tertiary alicyclic amines) is 1. The van der Waals surface area contributed by atoms with Crippen molar-refractivity contribution in [3.05, 3.63) is 45.5 Å². The number of thiocarbonyl (C=S) groups is 1. The summed E-state index contributed by atoms with van der Waals surface area (Å²) in [5.41, 5.74) is 1.23. The summed E-state index contributed by atoms with van der Waals surface area (Å²) in [6.07, 6.45) is 3.99. The Morgan fingerprint density at radius 1 is 1.38 bits per heavy atom. The number of thioether (sulfide) groups is 1. The van der Waals surface area contributed by atoms with Crippen molar-refractivity contribution in [3.63, 3.8) is 0 Å². The summed E-state index contributed by atoms with van der Waals surface area (Å²) in [7, 11) is 0. The van der Waals surface area contributed by atoms with Gasteiger partial charge in [0.25, 0.3) is 5.56 Å². The van der Waals surface area contributed by atoms with Crippen LogP contribution in [0, 0.1) is 0 Å². The highest BCUT2D eigenvalue weighted by Gasteiger charge is 2.15. The van der Waals surface area contributed by atoms with Crippen molar-refractivity contribution in [2.24, 2.45) is 0 Å². The zero-order chi connectivity index (χ0) is 14.8. The maximum Gasteiger partial charge on any atom is 0.258 e. The van der Waals surface area contributed by atoms with Gasteiger partial charge in [-0.05, 0) is 25.0 Å². The molecule has 1 saturated heterocycles. The van der Waals surface area contributed by atoms with Crippen LogP contribution in [0.25, 0.3) is 5.65 Å². The molecule has 3 rings (SSSR count). The average molecular weight is 340 g/mol. The molecule has 1 aliphatic heterocycles. The van der Waals surface area contributed by atoms with Crippen LogP contribution >= 0.6 is 35.6 Å². The molecule has 2 aromatic heterocycles. The topological polar surface area (TPSA) is 37.6 Å². The molecule has 2 aromatic rings. The minimum atomic E-state index is -0.120. The summed E-state index contributed by atoms with van der Waals surface area (Å²) in [6, 6.07) is 5.02. The summed E-state index contributed by atoms with van der Waals surface area (Å²) in [5.74, 6) is 0.615. The van der Waals surface area contributed by atoms with Gasteiger partial charge in [0.15, 0.2) is 0 Å². The van der Waals surface area contributed by atoms with Gasteiger partial charge in [0.2, 0.25) is 0 Å². The quantitative estimate of drug-likeness (QED) is 0.786. The van der Waals surface area contributed by atoms with Gasteiger partial charge >= 0.3 is 0 Å². The summed E-state index contributed by atoms with van der Waals surface area (Å²) < 4.78 is 2.35. The molecule has 0 amide bonds. The van der Waals surface area contributed by atoms with Crippen LogP contribution in [0.4, 0.5) is 0 Å². The van der Waals surface area contributed by atoms with Crippen LogP contribution in [0.2, 0.25) is 5.02 Å². The van der Waals surface area contributed by atoms with E-state index in [4.69, 9.17) is 23.8 Å². The van der Waals surface area contributed by atoms with Crippen LogP contribution < -0.4 is 5.56 Å². The number of pyridine rings is 1. The second kappa shape index (κ2) is 6.34. The first-order valence-electron chi connectivity index (χ1n) is 6.73. The minimum absolute atomic E-state index is 0.120. The Labute approximate surface area is 137 Å². The Morgan fingerprint density at radius 3 is 2.90 bits per heavy atom. The lowest BCUT2D eigenvalue weighted by Crippen LogP contribution is -2.23. The third-order valence-electron chi connectivity index (χ3n) is 3.38. The van der Waals surface area contributed by atoms with Crippen LogP contribution in [-0.4, -0.2) is 31.7 Å². The molecule has 0 saturated carbocycles. The molecule has 0 unspecified atom stereocenters. The van der Waals surface area contributed by atoms with E-state index in [1.807, 2.05) is 0 Å². The number of nitrogens with zero attached hydrogens (tertiary/aromatic N) is 3. The fraction of sp³-hybridized carbons (Fsp3) is 0.357. The number of halogens is 1. The van der Waals surface area contributed by atoms with Crippen molar-refractivity contribution in [1.29, 1.82) is 0 Å². The van der Waals surface area contributed by atoms with Crippen LogP contribution in [-0.2, 0) is 5.75 Å². The molecule has 21 heavy (non-hydrogen) atoms. The molecule has 0 radical (unpaired) electrons. The lowest BCUT2D eigenvalue weighted by Gasteiger charge is -2.17. The fourth-order valence-electron chi connectivity index (χ4n) is 2.33. The fourth-order valence-corrected chi connectivity index (χ4v) is 3.63. The molecule has 0 bridgehead atoms. The maximum atomic E-state index is 12.1. The van der Waals surface area contributed by atoms with Gasteiger partial charge in [-0.25, -0.2) is 4.98 Å². The van der Waals surface area contributed by atoms with Crippen molar-refractivity contribution in [3.8, 4) is 0 Å². The number of aromatic nitrogens is 2. The van der Waals surface area contributed by atoms with Crippen LogP contribution in [0.5, 0.6) is 0 Å². The van der Waals surface area contributed by atoms with Crippen LogP contribution in [0.15, 0.2) is 29.2 Å². The molecule has 0 aromatic carbocycles. The molecule has 1 aliphatic rings. The Kier molecular flexibility index (Phi) is 4.47. The van der Waals surface area contributed by atoms with E-state index in [1.54, 1.807) is 36.2 Å². The van der Waals surface area contributed by atoms with E-state index >= 15 is 0 Å². The zero-order valence-corrected chi connectivity index (χ0v) is 13.7. The molecule has 0 aliphatic carbocycles. The zero-order valence-electron chi connectivity index (χ0n) is 11.3. The van der Waals surface area contributed by atoms with Crippen LogP contribution in [0.1, 0.15) is 18.5 Å². The van der Waals surface area contributed by atoms with E-state index in [0.29, 0.717) is 16.4 Å². The molecule has 1 fully saturated rings. The molecule has 0 spiro atoms. The normalized spacial score (nSPS) is 14.8. The van der Waals surface area contributed by atoms with Crippen molar-refractivity contribution in [2.45, 2.75) is 18.6 Å². The van der Waals surface area contributed by atoms with Gasteiger partial charge < -0.3 is 4.90 Å². The van der Waals surface area contributed by atoms with E-state index in [2.05, 4.69) is 9.88 Å². The number of hydrogen-bond acceptors (Lipinski definition) is 4. The van der Waals surface area contributed by atoms with Crippen molar-refractivity contribution in [1.82, 2.24) is 14.3 Å². The lowest BCUT2D eigenvalue weighted by molar-refractivity contribution is 0.539. The average Bonchev–Trinajstić information content (AvgIpc) is 3.00. The highest BCUT2D eigenvalue weighted by molar-refractivity contribution is 8.22. The van der Waals surface area contributed by atoms with E-state index in [0.717, 1.165) is 23.1 Å². The van der Waals surface area contributed by atoms with E-state index < -0.39 is 0 Å². The highest BCUT2D eigenvalue weighted by atomic mass is 35.5. The minimum Gasteiger partial charge on any atom is -0.358 e. The molecule has 110 valence electrons. The lowest BCUT2D eigenvalue weighted by atomic mass is 10.4. The Morgan fingerprint density at radius 2 is 2.14 bits per heavy atom. The first kappa shape index (κ1) is 14.8. The van der Waals surface area contributed by atoms with Gasteiger partial charge in [-0.2, -0.15) is 0 Å². The molecule has 0 atom stereocenters. The van der Waals surface area contributed by atoms with E-state index in [-0.39, 0.29) is 5.56 Å². The Balaban J connectivity index is 1.76. The monoisotopic (exact) mass is 339 g/mol. The third kappa shape index (κ3) is 3.39. The summed E-state index contributed by atoms with van der Waals surface area (Å²) >= 11 is 12.9. The Hall–Kier alpha value is -1.11. The number of hydrogen-bond donors (Lipinski definition) is 0. The number of fused-ring (bicyclic) bond motifs is 1. The Bertz CT molecular complexity index is 741. The van der Waals surface area contributed by atoms with Gasteiger partial charge in [0.05, 0.1) is 10.7 Å². The van der Waals surface area contributed by atoms with E-state index in [1.165, 1.54) is 17.2 Å². The third-order valence-corrected chi connectivity index (χ3v) is 5.16. The largest absolute Gasteiger partial charge is 0.358 e. The predicted molar refractivity (Wildman–Crippen MR) is 91.2 cm³/mol. The first-order valence-corrected chi connectivity index (χ1v) is 8.50. The van der Waals surface area contributed by atoms with Gasteiger partial charge in [-0.3, -0.25) is 9.20 Å². The van der Waals surface area contributed by atoms with Crippen molar-refractivity contribution < 1.29 is 0 Å². The smallest absolute Gasteiger partial charge is 0.258 e. The van der Waals surface area contributed by atoms with E-state index in [9.17, 15) is 4.79 Å². The highest BCUT2D eigenvalue weighted by Crippen LogP contribution is 2.19. The van der Waals surface area contributed by atoms with Crippen molar-refractivity contribution in [2.75, 3.05) is 13.1 Å². The molecule has 7 heteroatoms. The van der Waals surface area contributed by atoms with Gasteiger partial charge in [0.1, 0.15) is 9.97 Å². The standard InChI is InChI=1S/C14H14ClN3OS2/c15-10-3-4-12-16-11(7-13(19)18(12)8-10)9-21-14(20)17-5-1-2-6-17/h3-4,7-8H,1-2,5-6,9H2. The second-order valence-corrected chi connectivity index (χ2v) is 6.96. The summed E-state index contributed by atoms with van der Waals surface area (Å²) in [4.78, 5) is 18.8. The van der Waals surface area contributed by atoms with Gasteiger partial charge in [-0.1, -0.05) is 35.6 Å². The summed E-state index contributed by atoms with van der Waals surface area (Å²) in [6.45, 7) is 2.08. The SMILES string of the molecule is O=c1cc(CSC(=S)N2CCCC2)nc2ccc(Cl)cn12. The molecular weight excluding hydrogens is 326 g/mol. The number of rotatable bonds is 2. The van der Waals surface area contributed by atoms with Crippen LogP contribution in [0.3, 0.4) is 0 Å². The predicted octanol–water partition coefficient (Wildman–Crippen LogP) is 2.96.